The highest BCUT2D eigenvalue weighted by Gasteiger charge is 2.59. The predicted molar refractivity (Wildman–Crippen MR) is 108 cm³/mol. The molecule has 2 atom stereocenters. The molecule has 30 heavy (non-hydrogen) atoms. The first-order valence-corrected chi connectivity index (χ1v) is 10.9. The van der Waals surface area contributed by atoms with Crippen LogP contribution in [0, 0.1) is 27.4 Å². The first-order chi connectivity index (χ1) is 14.4. The molecule has 0 aromatic carbocycles. The van der Waals surface area contributed by atoms with Crippen LogP contribution in [-0.4, -0.2) is 30.4 Å². The van der Waals surface area contributed by atoms with Crippen LogP contribution in [-0.2, 0) is 23.4 Å². The maximum absolute atomic E-state index is 12.9. The number of rotatable bonds is 7. The minimum Gasteiger partial charge on any atom is -0.350 e. The Kier molecular flexibility index (Phi) is 4.44. The van der Waals surface area contributed by atoms with Gasteiger partial charge in [-0.25, -0.2) is 0 Å². The number of carbonyl (C=O) groups is 1. The van der Waals surface area contributed by atoms with E-state index in [-0.39, 0.29) is 27.5 Å². The molecule has 4 saturated carbocycles. The van der Waals surface area contributed by atoms with E-state index in [4.69, 9.17) is 0 Å². The van der Waals surface area contributed by atoms with Crippen molar-refractivity contribution in [3.63, 3.8) is 0 Å². The second kappa shape index (κ2) is 6.92. The lowest BCUT2D eigenvalue weighted by Crippen LogP contribution is -2.57. The van der Waals surface area contributed by atoms with Gasteiger partial charge >= 0.3 is 5.69 Å². The van der Waals surface area contributed by atoms with E-state index in [1.165, 1.54) is 12.6 Å². The van der Waals surface area contributed by atoms with Crippen LogP contribution >= 0.6 is 0 Å². The zero-order chi connectivity index (χ0) is 20.9. The van der Waals surface area contributed by atoms with Gasteiger partial charge in [-0.05, 0) is 68.8 Å². The standard InChI is InChI=1S/C21H28N6O3/c1-2-25-17(3-4-23-25)11-22-19(28)10-20-6-15-5-16(7-20)9-21(8-15,14-20)26-13-18(12-24-26)27(29)30/h3-4,12-13,15-16H,2,5-11,14H2,1H3,(H,22,28). The summed E-state index contributed by atoms with van der Waals surface area (Å²) in [5, 5.41) is 22.9. The quantitative estimate of drug-likeness (QED) is 0.555. The van der Waals surface area contributed by atoms with Gasteiger partial charge in [0.2, 0.25) is 5.91 Å². The molecule has 6 rings (SSSR count). The topological polar surface area (TPSA) is 108 Å². The highest BCUT2D eigenvalue weighted by atomic mass is 16.6. The monoisotopic (exact) mass is 412 g/mol. The van der Waals surface area contributed by atoms with Crippen molar-refractivity contribution in [1.29, 1.82) is 0 Å². The van der Waals surface area contributed by atoms with Gasteiger partial charge in [-0.2, -0.15) is 10.2 Å². The summed E-state index contributed by atoms with van der Waals surface area (Å²) in [6, 6.07) is 1.94. The lowest BCUT2D eigenvalue weighted by Gasteiger charge is -2.61. The van der Waals surface area contributed by atoms with Crippen molar-refractivity contribution in [3.8, 4) is 0 Å². The van der Waals surface area contributed by atoms with Crippen molar-refractivity contribution in [1.82, 2.24) is 24.9 Å². The van der Waals surface area contributed by atoms with E-state index < -0.39 is 0 Å². The number of nitro groups is 1. The highest BCUT2D eigenvalue weighted by molar-refractivity contribution is 5.76. The van der Waals surface area contributed by atoms with E-state index >= 15 is 0 Å². The summed E-state index contributed by atoms with van der Waals surface area (Å²) >= 11 is 0. The maximum Gasteiger partial charge on any atom is 0.307 e. The van der Waals surface area contributed by atoms with Crippen molar-refractivity contribution in [2.75, 3.05) is 0 Å². The van der Waals surface area contributed by atoms with Gasteiger partial charge in [-0.15, -0.1) is 0 Å². The normalized spacial score (nSPS) is 31.8. The molecule has 160 valence electrons. The minimum absolute atomic E-state index is 0.0279. The van der Waals surface area contributed by atoms with E-state index in [9.17, 15) is 14.9 Å². The Hall–Kier alpha value is -2.71. The second-order valence-corrected chi connectivity index (χ2v) is 9.68. The smallest absolute Gasteiger partial charge is 0.307 e. The Morgan fingerprint density at radius 2 is 2.07 bits per heavy atom. The summed E-state index contributed by atoms with van der Waals surface area (Å²) < 4.78 is 3.75. The van der Waals surface area contributed by atoms with E-state index in [1.807, 2.05) is 22.4 Å². The fourth-order valence-electron chi connectivity index (χ4n) is 6.93. The highest BCUT2D eigenvalue weighted by Crippen LogP contribution is 2.65. The van der Waals surface area contributed by atoms with Gasteiger partial charge in [0.05, 0.1) is 22.7 Å². The lowest BCUT2D eigenvalue weighted by atomic mass is 9.46. The SMILES string of the molecule is CCn1nccc1CNC(=O)CC12CC3CC(C1)CC(n1cc([N+](=O)[O-])cn1)(C3)C2. The predicted octanol–water partition coefficient (Wildman–Crippen LogP) is 3.01. The molecule has 9 nitrogen and oxygen atoms in total. The minimum atomic E-state index is -0.381. The fraction of sp³-hybridized carbons (Fsp3) is 0.667. The molecular weight excluding hydrogens is 384 g/mol. The summed E-state index contributed by atoms with van der Waals surface area (Å²) in [5.74, 6) is 1.23. The van der Waals surface area contributed by atoms with Gasteiger partial charge in [0.15, 0.2) is 0 Å². The Labute approximate surface area is 175 Å². The first-order valence-electron chi connectivity index (χ1n) is 10.9. The third-order valence-corrected chi connectivity index (χ3v) is 7.52. The number of hydrogen-bond acceptors (Lipinski definition) is 5. The Morgan fingerprint density at radius 3 is 2.73 bits per heavy atom. The molecule has 2 aromatic heterocycles. The Balaban J connectivity index is 1.32. The average Bonchev–Trinajstić information content (AvgIpc) is 3.34. The van der Waals surface area contributed by atoms with Crippen LogP contribution in [0.25, 0.3) is 0 Å². The van der Waals surface area contributed by atoms with Gasteiger partial charge < -0.3 is 5.32 Å². The second-order valence-electron chi connectivity index (χ2n) is 9.68. The van der Waals surface area contributed by atoms with Gasteiger partial charge in [0, 0.05) is 19.2 Å². The zero-order valence-electron chi connectivity index (χ0n) is 17.3. The molecule has 2 unspecified atom stereocenters. The van der Waals surface area contributed by atoms with Crippen LogP contribution in [0.4, 0.5) is 5.69 Å². The van der Waals surface area contributed by atoms with Gasteiger partial charge in [0.1, 0.15) is 12.4 Å². The molecule has 0 radical (unpaired) electrons. The largest absolute Gasteiger partial charge is 0.350 e. The summed E-state index contributed by atoms with van der Waals surface area (Å²) in [7, 11) is 0. The number of nitrogens with one attached hydrogen (secondary N) is 1. The molecule has 4 fully saturated rings. The fourth-order valence-corrected chi connectivity index (χ4v) is 6.93. The molecule has 9 heteroatoms. The molecule has 0 aliphatic heterocycles. The lowest BCUT2D eigenvalue weighted by molar-refractivity contribution is -0.385. The van der Waals surface area contributed by atoms with Crippen LogP contribution < -0.4 is 5.32 Å². The van der Waals surface area contributed by atoms with Crippen LogP contribution in [0.3, 0.4) is 0 Å². The molecule has 2 heterocycles. The molecule has 4 aliphatic rings. The number of aryl methyl sites for hydroxylation is 1. The van der Waals surface area contributed by atoms with E-state index in [0.717, 1.165) is 44.3 Å². The molecule has 2 aromatic rings. The molecular formula is C21H28N6O3. The van der Waals surface area contributed by atoms with Gasteiger partial charge in [-0.1, -0.05) is 0 Å². The van der Waals surface area contributed by atoms with Crippen molar-refractivity contribution < 1.29 is 9.72 Å². The van der Waals surface area contributed by atoms with Crippen LogP contribution in [0.5, 0.6) is 0 Å². The van der Waals surface area contributed by atoms with Crippen molar-refractivity contribution in [3.05, 3.63) is 40.5 Å². The van der Waals surface area contributed by atoms with Crippen molar-refractivity contribution in [2.45, 2.75) is 70.5 Å². The molecule has 1 N–H and O–H groups in total. The Morgan fingerprint density at radius 1 is 1.30 bits per heavy atom. The van der Waals surface area contributed by atoms with Gasteiger partial charge in [-0.3, -0.25) is 24.3 Å². The van der Waals surface area contributed by atoms with E-state index in [0.29, 0.717) is 24.8 Å². The number of carbonyl (C=O) groups excluding carboxylic acids is 1. The summed E-state index contributed by atoms with van der Waals surface area (Å²) in [4.78, 5) is 23.7. The molecule has 4 aliphatic carbocycles. The maximum atomic E-state index is 12.9. The third-order valence-electron chi connectivity index (χ3n) is 7.52. The molecule has 0 saturated heterocycles. The zero-order valence-corrected chi connectivity index (χ0v) is 17.3. The third kappa shape index (κ3) is 3.20. The van der Waals surface area contributed by atoms with Crippen LogP contribution in [0.2, 0.25) is 0 Å². The van der Waals surface area contributed by atoms with Crippen LogP contribution in [0.15, 0.2) is 24.7 Å². The summed E-state index contributed by atoms with van der Waals surface area (Å²) in [5.41, 5.74) is 0.848. The molecule has 4 bridgehead atoms. The van der Waals surface area contributed by atoms with E-state index in [2.05, 4.69) is 15.5 Å². The van der Waals surface area contributed by atoms with Crippen molar-refractivity contribution >= 4 is 11.6 Å². The van der Waals surface area contributed by atoms with E-state index in [1.54, 1.807) is 12.4 Å². The average molecular weight is 412 g/mol. The van der Waals surface area contributed by atoms with Crippen LogP contribution in [0.1, 0.15) is 57.6 Å². The summed E-state index contributed by atoms with van der Waals surface area (Å²) in [6.07, 6.45) is 11.5. The van der Waals surface area contributed by atoms with Gasteiger partial charge in [0.25, 0.3) is 0 Å². The summed E-state index contributed by atoms with van der Waals surface area (Å²) in [6.45, 7) is 3.31. The van der Waals surface area contributed by atoms with Crippen molar-refractivity contribution in [2.24, 2.45) is 17.3 Å². The molecule has 1 amide bonds. The molecule has 0 spiro atoms. The number of aromatic nitrogens is 4. The number of amides is 1. The Bertz CT molecular complexity index is 965. The number of nitrogens with zero attached hydrogens (tertiary/aromatic N) is 5. The number of hydrogen-bond donors (Lipinski definition) is 1. The first kappa shape index (κ1) is 19.3.